The monoisotopic (exact) mass is 680 g/mol. The molecule has 0 aromatic heterocycles. The molecule has 0 saturated heterocycles. The smallest absolute Gasteiger partial charge is 0.0159 e. The highest BCUT2D eigenvalue weighted by Crippen LogP contribution is 2.59. The molecule has 11 rings (SSSR count). The molecule has 3 aliphatic carbocycles. The molecule has 8 aromatic carbocycles. The zero-order valence-electron chi connectivity index (χ0n) is 32.0. The van der Waals surface area contributed by atoms with E-state index in [0.717, 1.165) is 0 Å². The van der Waals surface area contributed by atoms with Crippen LogP contribution in [0.1, 0.15) is 77.6 Å². The van der Waals surface area contributed by atoms with Crippen molar-refractivity contribution >= 4 is 32.3 Å². The molecule has 0 nitrogen and oxygen atoms in total. The van der Waals surface area contributed by atoms with Crippen LogP contribution < -0.4 is 0 Å². The predicted molar refractivity (Wildman–Crippen MR) is 228 cm³/mol. The third kappa shape index (κ3) is 4.07. The number of hydrogen-bond donors (Lipinski definition) is 0. The normalized spacial score (nSPS) is 14.6. The second-order valence-electron chi connectivity index (χ2n) is 18.6. The van der Waals surface area contributed by atoms with Crippen molar-refractivity contribution in [2.75, 3.05) is 0 Å². The van der Waals surface area contributed by atoms with Gasteiger partial charge in [-0.25, -0.2) is 0 Å². The molecular weight excluding hydrogens is 637 g/mol. The van der Waals surface area contributed by atoms with Crippen molar-refractivity contribution < 1.29 is 0 Å². The maximum Gasteiger partial charge on any atom is 0.0159 e. The van der Waals surface area contributed by atoms with E-state index in [1.54, 1.807) is 0 Å². The summed E-state index contributed by atoms with van der Waals surface area (Å²) in [6.07, 6.45) is 0. The second kappa shape index (κ2) is 9.94. The van der Waals surface area contributed by atoms with Crippen molar-refractivity contribution in [3.05, 3.63) is 144 Å². The molecule has 256 valence electrons. The van der Waals surface area contributed by atoms with E-state index >= 15 is 0 Å². The lowest BCUT2D eigenvalue weighted by atomic mass is 9.80. The van der Waals surface area contributed by atoms with Crippen LogP contribution in [0.4, 0.5) is 0 Å². The zero-order valence-corrected chi connectivity index (χ0v) is 32.0. The summed E-state index contributed by atoms with van der Waals surface area (Å²) in [6, 6.07) is 47.5. The summed E-state index contributed by atoms with van der Waals surface area (Å²) in [4.78, 5) is 0. The maximum absolute atomic E-state index is 2.54. The quantitative estimate of drug-likeness (QED) is 0.162. The highest BCUT2D eigenvalue weighted by Gasteiger charge is 2.39. The molecular formula is C53H44. The van der Waals surface area contributed by atoms with E-state index in [1.807, 2.05) is 0 Å². The Bertz CT molecular complexity index is 2960. The predicted octanol–water partition coefficient (Wildman–Crippen LogP) is 15.0. The van der Waals surface area contributed by atoms with Crippen LogP contribution in [-0.2, 0) is 16.2 Å². The number of rotatable bonds is 1. The van der Waals surface area contributed by atoms with Crippen molar-refractivity contribution in [3.63, 3.8) is 0 Å². The van der Waals surface area contributed by atoms with Gasteiger partial charge in [-0.1, -0.05) is 146 Å². The summed E-state index contributed by atoms with van der Waals surface area (Å²) >= 11 is 0. The zero-order chi connectivity index (χ0) is 36.3. The van der Waals surface area contributed by atoms with E-state index < -0.39 is 0 Å². The van der Waals surface area contributed by atoms with Crippen molar-refractivity contribution in [1.29, 1.82) is 0 Å². The molecule has 0 spiro atoms. The van der Waals surface area contributed by atoms with Gasteiger partial charge >= 0.3 is 0 Å². The van der Waals surface area contributed by atoms with Crippen LogP contribution in [0.3, 0.4) is 0 Å². The molecule has 0 heterocycles. The molecule has 8 aromatic rings. The molecule has 0 amide bonds. The average molecular weight is 681 g/mol. The first-order valence-electron chi connectivity index (χ1n) is 19.3. The van der Waals surface area contributed by atoms with Crippen LogP contribution >= 0.6 is 0 Å². The molecule has 0 fully saturated rings. The lowest BCUT2D eigenvalue weighted by Crippen LogP contribution is -2.15. The highest BCUT2D eigenvalue weighted by molar-refractivity contribution is 6.21. The van der Waals surface area contributed by atoms with Crippen LogP contribution in [-0.4, -0.2) is 0 Å². The highest BCUT2D eigenvalue weighted by atomic mass is 14.4. The van der Waals surface area contributed by atoms with Gasteiger partial charge in [-0.2, -0.15) is 0 Å². The SMILES string of the molecule is CC(C)(C)c1ccc2c(-c3ccc4c5c(cccc35)-c3cc5c(cc3-4)C(C)(C)c3cc4c(cc3-5)-c3cccc5cccc-4c35)cc(C(C)(C)C)cc2c1. The Kier molecular flexibility index (Phi) is 5.83. The minimum atomic E-state index is -0.108. The molecule has 53 heavy (non-hydrogen) atoms. The first-order chi connectivity index (χ1) is 25.3. The van der Waals surface area contributed by atoms with Gasteiger partial charge < -0.3 is 0 Å². The Labute approximate surface area is 313 Å². The van der Waals surface area contributed by atoms with Gasteiger partial charge in [0.1, 0.15) is 0 Å². The lowest BCUT2D eigenvalue weighted by Gasteiger charge is -2.24. The van der Waals surface area contributed by atoms with Gasteiger partial charge in [0.2, 0.25) is 0 Å². The molecule has 0 aliphatic heterocycles. The summed E-state index contributed by atoms with van der Waals surface area (Å²) in [6.45, 7) is 18.8. The van der Waals surface area contributed by atoms with Crippen molar-refractivity contribution in [2.24, 2.45) is 0 Å². The van der Waals surface area contributed by atoms with Gasteiger partial charge in [-0.15, -0.1) is 0 Å². The lowest BCUT2D eigenvalue weighted by molar-refractivity contribution is 0.589. The van der Waals surface area contributed by atoms with Gasteiger partial charge in [0.25, 0.3) is 0 Å². The Morgan fingerprint density at radius 1 is 0.340 bits per heavy atom. The van der Waals surface area contributed by atoms with Crippen molar-refractivity contribution in [3.8, 4) is 66.8 Å². The fraction of sp³-hybridized carbons (Fsp3) is 0.208. The summed E-state index contributed by atoms with van der Waals surface area (Å²) in [7, 11) is 0. The van der Waals surface area contributed by atoms with E-state index in [0.29, 0.717) is 0 Å². The first-order valence-corrected chi connectivity index (χ1v) is 19.3. The van der Waals surface area contributed by atoms with Gasteiger partial charge in [0, 0.05) is 5.41 Å². The second-order valence-corrected chi connectivity index (χ2v) is 18.6. The van der Waals surface area contributed by atoms with E-state index in [2.05, 4.69) is 177 Å². The Hall–Kier alpha value is -5.46. The van der Waals surface area contributed by atoms with Gasteiger partial charge in [0.15, 0.2) is 0 Å². The molecule has 0 atom stereocenters. The Balaban J connectivity index is 1.12. The Morgan fingerprint density at radius 2 is 0.849 bits per heavy atom. The van der Waals surface area contributed by atoms with Gasteiger partial charge in [-0.05, 0) is 162 Å². The molecule has 0 unspecified atom stereocenters. The average Bonchev–Trinajstić information content (AvgIpc) is 3.70. The summed E-state index contributed by atoms with van der Waals surface area (Å²) < 4.78 is 0. The topological polar surface area (TPSA) is 0 Å². The van der Waals surface area contributed by atoms with Crippen molar-refractivity contribution in [1.82, 2.24) is 0 Å². The largest absolute Gasteiger partial charge is 0.0610 e. The van der Waals surface area contributed by atoms with E-state index in [1.165, 1.54) is 121 Å². The minimum Gasteiger partial charge on any atom is -0.0610 e. The first kappa shape index (κ1) is 31.1. The summed E-state index contributed by atoms with van der Waals surface area (Å²) in [5.41, 5.74) is 22.0. The molecule has 0 heteroatoms. The van der Waals surface area contributed by atoms with Crippen LogP contribution in [0.2, 0.25) is 0 Å². The van der Waals surface area contributed by atoms with Gasteiger partial charge in [-0.3, -0.25) is 0 Å². The number of hydrogen-bond acceptors (Lipinski definition) is 0. The van der Waals surface area contributed by atoms with Gasteiger partial charge in [0.05, 0.1) is 0 Å². The summed E-state index contributed by atoms with van der Waals surface area (Å²) in [5, 5.41) is 8.10. The van der Waals surface area contributed by atoms with Crippen molar-refractivity contribution in [2.45, 2.75) is 71.6 Å². The van der Waals surface area contributed by atoms with E-state index in [9.17, 15) is 0 Å². The fourth-order valence-corrected chi connectivity index (χ4v) is 10.1. The summed E-state index contributed by atoms with van der Waals surface area (Å²) in [5.74, 6) is 0. The molecule has 0 saturated carbocycles. The third-order valence-corrected chi connectivity index (χ3v) is 13.0. The number of fused-ring (bicyclic) bond motifs is 10. The fourth-order valence-electron chi connectivity index (χ4n) is 10.1. The maximum atomic E-state index is 2.54. The Morgan fingerprint density at radius 3 is 1.45 bits per heavy atom. The third-order valence-electron chi connectivity index (χ3n) is 13.0. The van der Waals surface area contributed by atoms with Crippen LogP contribution in [0.25, 0.3) is 99.1 Å². The molecule has 3 aliphatic rings. The number of benzene rings is 8. The standard InChI is InChI=1S/C53H44/c1-51(2,3)31-18-19-33-30(22-31)23-32(52(4,5)6)24-40(33)34-20-21-39-44-28-48-46(26-42(44)38-17-11-16-35(34)50(38)39)45-25-41-36-14-9-12-29-13-10-15-37(49(29)36)43(41)27-47(45)53(48,7)8/h9-28H,1-8H3. The van der Waals surface area contributed by atoms with Crippen LogP contribution in [0, 0.1) is 0 Å². The van der Waals surface area contributed by atoms with E-state index in [4.69, 9.17) is 0 Å². The molecule has 0 bridgehead atoms. The van der Waals surface area contributed by atoms with Crippen LogP contribution in [0.15, 0.2) is 121 Å². The molecule has 0 radical (unpaired) electrons. The minimum absolute atomic E-state index is 0.0326. The van der Waals surface area contributed by atoms with Crippen LogP contribution in [0.5, 0.6) is 0 Å². The van der Waals surface area contributed by atoms with E-state index in [-0.39, 0.29) is 16.2 Å². The molecule has 0 N–H and O–H groups in total.